The molecule has 0 aromatic rings. The summed E-state index contributed by atoms with van der Waals surface area (Å²) in [4.78, 5) is 9.93. The van der Waals surface area contributed by atoms with E-state index in [9.17, 15) is 18.0 Å². The predicted octanol–water partition coefficient (Wildman–Crippen LogP) is -1.32. The first-order valence-electron chi connectivity index (χ1n) is 2.65. The van der Waals surface area contributed by atoms with E-state index < -0.39 is 23.6 Å². The van der Waals surface area contributed by atoms with Gasteiger partial charge in [-0.05, 0) is 0 Å². The molecule has 0 aromatic heterocycles. The molecule has 0 unspecified atom stereocenters. The Morgan fingerprint density at radius 3 is 2.17 bits per heavy atom. The third kappa shape index (κ3) is 3.04. The molecule has 0 rings (SSSR count). The van der Waals surface area contributed by atoms with Crippen molar-refractivity contribution in [2.45, 2.75) is 6.18 Å². The van der Waals surface area contributed by atoms with E-state index in [1.54, 1.807) is 0 Å². The fourth-order valence-corrected chi connectivity index (χ4v) is 0.311. The smallest absolute Gasteiger partial charge is 0.476 e. The molecule has 0 amide bonds. The van der Waals surface area contributed by atoms with Gasteiger partial charge in [-0.15, -0.1) is 0 Å². The third-order valence-corrected chi connectivity index (χ3v) is 0.885. The molecule has 7 heteroatoms. The second-order valence-electron chi connectivity index (χ2n) is 1.86. The highest BCUT2D eigenvalue weighted by Gasteiger charge is 2.38. The summed E-state index contributed by atoms with van der Waals surface area (Å²) in [5.74, 6) is -1.65. The highest BCUT2D eigenvalue weighted by Crippen LogP contribution is 2.15. The number of halogens is 3. The molecule has 0 aromatic carbocycles. The van der Waals surface area contributed by atoms with Gasteiger partial charge in [0.1, 0.15) is 5.70 Å². The molecule has 0 bridgehead atoms. The van der Waals surface area contributed by atoms with E-state index in [0.29, 0.717) is 0 Å². The van der Waals surface area contributed by atoms with E-state index >= 15 is 0 Å². The number of carbonyl (C=O) groups is 1. The lowest BCUT2D eigenvalue weighted by Crippen LogP contribution is -2.48. The molecular formula is C5H6F3N2O2+. The summed E-state index contributed by atoms with van der Waals surface area (Å²) in [5, 5.41) is 12.5. The molecule has 0 fully saturated rings. The van der Waals surface area contributed by atoms with Gasteiger partial charge in [0.05, 0.1) is 0 Å². The van der Waals surface area contributed by atoms with Crippen LogP contribution in [0.2, 0.25) is 0 Å². The maximum atomic E-state index is 11.6. The van der Waals surface area contributed by atoms with Crippen LogP contribution in [-0.2, 0) is 4.79 Å². The van der Waals surface area contributed by atoms with Gasteiger partial charge < -0.3 is 10.8 Å². The third-order valence-electron chi connectivity index (χ3n) is 0.885. The molecule has 0 aliphatic carbocycles. The summed E-state index contributed by atoms with van der Waals surface area (Å²) < 4.78 is 34.9. The Morgan fingerprint density at radius 2 is 1.92 bits per heavy atom. The molecule has 0 heterocycles. The SMILES string of the molecule is N/C(=C\C(=[NH2+])C(F)(F)F)C(=O)O. The molecule has 0 spiro atoms. The van der Waals surface area contributed by atoms with E-state index in [4.69, 9.17) is 5.11 Å². The largest absolute Gasteiger partial charge is 0.477 e. The van der Waals surface area contributed by atoms with Crippen LogP contribution >= 0.6 is 0 Å². The van der Waals surface area contributed by atoms with Gasteiger partial charge in [0.2, 0.25) is 0 Å². The minimum Gasteiger partial charge on any atom is -0.477 e. The lowest BCUT2D eigenvalue weighted by atomic mass is 10.3. The standard InChI is InChI=1S/C5H5F3N2O2/c6-5(7,8)3(10)1-2(9)4(11)12/h1,10H,9H2,(H,11,12)/p+1/b2-1-,10-3?. The average molecular weight is 183 g/mol. The molecule has 5 N–H and O–H groups in total. The molecule has 0 aliphatic heterocycles. The first-order chi connectivity index (χ1) is 5.25. The predicted molar refractivity (Wildman–Crippen MR) is 32.9 cm³/mol. The molecule has 68 valence electrons. The Morgan fingerprint density at radius 1 is 1.50 bits per heavy atom. The van der Waals surface area contributed by atoms with E-state index in [2.05, 4.69) is 11.1 Å². The summed E-state index contributed by atoms with van der Waals surface area (Å²) in [6.45, 7) is 0. The summed E-state index contributed by atoms with van der Waals surface area (Å²) in [6, 6.07) is 0. The molecule has 12 heavy (non-hydrogen) atoms. The topological polar surface area (TPSA) is 88.9 Å². The number of rotatable bonds is 2. The van der Waals surface area contributed by atoms with Crippen molar-refractivity contribution in [3.63, 3.8) is 0 Å². The van der Waals surface area contributed by atoms with Crippen LogP contribution in [0.5, 0.6) is 0 Å². The fourth-order valence-electron chi connectivity index (χ4n) is 0.311. The first-order valence-corrected chi connectivity index (χ1v) is 2.65. The number of carboxylic acid groups (broad SMARTS) is 1. The van der Waals surface area contributed by atoms with Crippen LogP contribution in [0.15, 0.2) is 11.8 Å². The van der Waals surface area contributed by atoms with Gasteiger partial charge in [0.15, 0.2) is 0 Å². The van der Waals surface area contributed by atoms with Crippen molar-refractivity contribution in [1.82, 2.24) is 0 Å². The van der Waals surface area contributed by atoms with Gasteiger partial charge in [-0.3, -0.25) is 5.41 Å². The van der Waals surface area contributed by atoms with Crippen molar-refractivity contribution in [2.24, 2.45) is 5.73 Å². The number of nitrogens with two attached hydrogens (primary N) is 2. The molecule has 0 radical (unpaired) electrons. The summed E-state index contributed by atoms with van der Waals surface area (Å²) in [7, 11) is 0. The lowest BCUT2D eigenvalue weighted by Gasteiger charge is -1.98. The first kappa shape index (κ1) is 10.5. The Balaban J connectivity index is 4.57. The van der Waals surface area contributed by atoms with Gasteiger partial charge in [0.25, 0.3) is 5.71 Å². The van der Waals surface area contributed by atoms with Crippen molar-refractivity contribution >= 4 is 11.7 Å². The molecule has 4 nitrogen and oxygen atoms in total. The van der Waals surface area contributed by atoms with Crippen molar-refractivity contribution in [3.8, 4) is 0 Å². The van der Waals surface area contributed by atoms with Crippen molar-refractivity contribution < 1.29 is 28.5 Å². The average Bonchev–Trinajstić information content (AvgIpc) is 1.85. The maximum absolute atomic E-state index is 11.6. The molecule has 0 saturated heterocycles. The van der Waals surface area contributed by atoms with Crippen molar-refractivity contribution in [2.75, 3.05) is 0 Å². The highest BCUT2D eigenvalue weighted by molar-refractivity contribution is 6.00. The number of alkyl halides is 3. The summed E-state index contributed by atoms with van der Waals surface area (Å²) in [6.07, 6.45) is -4.59. The van der Waals surface area contributed by atoms with E-state index in [1.165, 1.54) is 0 Å². The Kier molecular flexibility index (Phi) is 2.83. The number of hydrogen-bond donors (Lipinski definition) is 3. The minimum absolute atomic E-state index is 0.155. The number of hydrogen-bond acceptors (Lipinski definition) is 2. The van der Waals surface area contributed by atoms with Gasteiger partial charge >= 0.3 is 12.1 Å². The lowest BCUT2D eigenvalue weighted by molar-refractivity contribution is -0.165. The maximum Gasteiger partial charge on any atom is 0.476 e. The minimum atomic E-state index is -4.75. The van der Waals surface area contributed by atoms with Crippen molar-refractivity contribution in [3.05, 3.63) is 11.8 Å². The van der Waals surface area contributed by atoms with Crippen LogP contribution in [0.4, 0.5) is 13.2 Å². The number of carboxylic acids is 1. The second kappa shape index (κ2) is 3.24. The monoisotopic (exact) mass is 183 g/mol. The Hall–Kier alpha value is -1.53. The normalized spacial score (nSPS) is 12.8. The molecule has 0 saturated carbocycles. The molecule has 0 atom stereocenters. The van der Waals surface area contributed by atoms with E-state index in [-0.39, 0.29) is 6.08 Å². The van der Waals surface area contributed by atoms with Crippen LogP contribution in [0.3, 0.4) is 0 Å². The summed E-state index contributed by atoms with van der Waals surface area (Å²) >= 11 is 0. The van der Waals surface area contributed by atoms with Crippen LogP contribution < -0.4 is 11.1 Å². The number of aliphatic carboxylic acids is 1. The zero-order chi connectivity index (χ0) is 9.94. The van der Waals surface area contributed by atoms with Crippen LogP contribution in [-0.4, -0.2) is 23.0 Å². The van der Waals surface area contributed by atoms with Crippen LogP contribution in [0.1, 0.15) is 0 Å². The van der Waals surface area contributed by atoms with Crippen LogP contribution in [0.25, 0.3) is 0 Å². The van der Waals surface area contributed by atoms with Gasteiger partial charge in [0, 0.05) is 6.08 Å². The second-order valence-corrected chi connectivity index (χ2v) is 1.86. The quantitative estimate of drug-likeness (QED) is 0.366. The zero-order valence-electron chi connectivity index (χ0n) is 5.72. The zero-order valence-corrected chi connectivity index (χ0v) is 5.72. The highest BCUT2D eigenvalue weighted by atomic mass is 19.4. The van der Waals surface area contributed by atoms with E-state index in [1.807, 2.05) is 0 Å². The molecular weight excluding hydrogens is 177 g/mol. The Labute approximate surface area is 65.0 Å². The van der Waals surface area contributed by atoms with E-state index in [0.717, 1.165) is 0 Å². The molecule has 0 aliphatic rings. The van der Waals surface area contributed by atoms with Gasteiger partial charge in [-0.25, -0.2) is 4.79 Å². The summed E-state index contributed by atoms with van der Waals surface area (Å²) in [5.41, 5.74) is 2.18. The Bertz CT molecular complexity index is 244. The fraction of sp³-hybridized carbons (Fsp3) is 0.200. The van der Waals surface area contributed by atoms with Gasteiger partial charge in [-0.1, -0.05) is 0 Å². The van der Waals surface area contributed by atoms with Crippen LogP contribution in [0, 0.1) is 0 Å². The van der Waals surface area contributed by atoms with Crippen molar-refractivity contribution in [1.29, 1.82) is 0 Å². The van der Waals surface area contributed by atoms with Gasteiger partial charge in [-0.2, -0.15) is 13.2 Å². The number of allylic oxidation sites excluding steroid dienone is 1.